The van der Waals surface area contributed by atoms with Crippen LogP contribution in [0, 0.1) is 11.3 Å². The van der Waals surface area contributed by atoms with Crippen molar-refractivity contribution in [1.82, 2.24) is 4.98 Å². The van der Waals surface area contributed by atoms with Gasteiger partial charge < -0.3 is 5.32 Å². The molecule has 1 atom stereocenters. The maximum absolute atomic E-state index is 9.40. The van der Waals surface area contributed by atoms with E-state index < -0.39 is 0 Å². The van der Waals surface area contributed by atoms with Gasteiger partial charge in [-0.2, -0.15) is 5.26 Å². The van der Waals surface area contributed by atoms with E-state index in [1.807, 2.05) is 6.07 Å². The van der Waals surface area contributed by atoms with Crippen molar-refractivity contribution in [2.75, 3.05) is 5.32 Å². The Kier molecular flexibility index (Phi) is 4.21. The van der Waals surface area contributed by atoms with Crippen LogP contribution in [0.25, 0.3) is 0 Å². The summed E-state index contributed by atoms with van der Waals surface area (Å²) in [7, 11) is 0. The Bertz CT molecular complexity index is 655. The summed E-state index contributed by atoms with van der Waals surface area (Å²) >= 11 is 1.76. The first-order valence-corrected chi connectivity index (χ1v) is 8.42. The third-order valence-corrected chi connectivity index (χ3v) is 4.93. The standard InChI is InChI=1S/C17H19N3S/c1-2-5-15(16-8-4-9-21-16)20-17-13(11-18)10-12-6-3-7-14(12)19-17/h4,8-10,15H,2-3,5-7H2,1H3,(H,19,20). The van der Waals surface area contributed by atoms with Crippen molar-refractivity contribution in [2.45, 2.75) is 45.1 Å². The molecule has 0 fully saturated rings. The minimum atomic E-state index is 0.244. The molecule has 2 aromatic heterocycles. The van der Waals surface area contributed by atoms with Crippen LogP contribution in [0.15, 0.2) is 23.6 Å². The molecule has 21 heavy (non-hydrogen) atoms. The number of pyridine rings is 1. The van der Waals surface area contributed by atoms with Crippen LogP contribution < -0.4 is 5.32 Å². The molecular weight excluding hydrogens is 278 g/mol. The molecule has 0 saturated heterocycles. The number of nitriles is 1. The minimum Gasteiger partial charge on any atom is -0.361 e. The van der Waals surface area contributed by atoms with E-state index in [4.69, 9.17) is 4.98 Å². The fourth-order valence-electron chi connectivity index (χ4n) is 2.90. The van der Waals surface area contributed by atoms with Crippen molar-refractivity contribution in [2.24, 2.45) is 0 Å². The van der Waals surface area contributed by atoms with E-state index in [-0.39, 0.29) is 6.04 Å². The zero-order chi connectivity index (χ0) is 14.7. The van der Waals surface area contributed by atoms with Crippen molar-refractivity contribution in [1.29, 1.82) is 5.26 Å². The number of rotatable bonds is 5. The molecule has 1 aliphatic carbocycles. The lowest BCUT2D eigenvalue weighted by atomic mass is 10.1. The first-order valence-electron chi connectivity index (χ1n) is 7.54. The van der Waals surface area contributed by atoms with Crippen LogP contribution >= 0.6 is 11.3 Å². The number of anilines is 1. The lowest BCUT2D eigenvalue weighted by Crippen LogP contribution is -2.12. The number of fused-ring (bicyclic) bond motifs is 1. The van der Waals surface area contributed by atoms with Gasteiger partial charge in [-0.3, -0.25) is 0 Å². The van der Waals surface area contributed by atoms with Crippen molar-refractivity contribution < 1.29 is 0 Å². The minimum absolute atomic E-state index is 0.244. The summed E-state index contributed by atoms with van der Waals surface area (Å²) in [6, 6.07) is 8.79. The Hall–Kier alpha value is -1.86. The molecule has 0 radical (unpaired) electrons. The number of hydrogen-bond donors (Lipinski definition) is 1. The first-order chi connectivity index (χ1) is 10.3. The Morgan fingerprint density at radius 2 is 2.38 bits per heavy atom. The van der Waals surface area contributed by atoms with Crippen molar-refractivity contribution in [3.8, 4) is 6.07 Å². The highest BCUT2D eigenvalue weighted by Gasteiger charge is 2.19. The number of nitrogens with one attached hydrogen (secondary N) is 1. The fraction of sp³-hybridized carbons (Fsp3) is 0.412. The monoisotopic (exact) mass is 297 g/mol. The predicted molar refractivity (Wildman–Crippen MR) is 86.6 cm³/mol. The average molecular weight is 297 g/mol. The lowest BCUT2D eigenvalue weighted by molar-refractivity contribution is 0.683. The molecule has 2 heterocycles. The third-order valence-electron chi connectivity index (χ3n) is 3.95. The molecule has 108 valence electrons. The summed E-state index contributed by atoms with van der Waals surface area (Å²) < 4.78 is 0. The molecule has 4 heteroatoms. The summed E-state index contributed by atoms with van der Waals surface area (Å²) in [5, 5.41) is 15.0. The Morgan fingerprint density at radius 3 is 3.10 bits per heavy atom. The van der Waals surface area contributed by atoms with Crippen LogP contribution in [0.4, 0.5) is 5.82 Å². The molecule has 1 unspecified atom stereocenters. The molecular formula is C17H19N3S. The normalized spacial score (nSPS) is 14.5. The van der Waals surface area contributed by atoms with Gasteiger partial charge in [0.2, 0.25) is 0 Å². The van der Waals surface area contributed by atoms with E-state index in [1.165, 1.54) is 10.4 Å². The maximum atomic E-state index is 9.40. The molecule has 2 aromatic rings. The zero-order valence-electron chi connectivity index (χ0n) is 12.2. The molecule has 0 aliphatic heterocycles. The summed E-state index contributed by atoms with van der Waals surface area (Å²) in [4.78, 5) is 6.04. The molecule has 0 aromatic carbocycles. The van der Waals surface area contributed by atoms with Crippen LogP contribution in [0.2, 0.25) is 0 Å². The van der Waals surface area contributed by atoms with Crippen LogP contribution in [0.5, 0.6) is 0 Å². The number of hydrogen-bond acceptors (Lipinski definition) is 4. The maximum Gasteiger partial charge on any atom is 0.144 e. The largest absolute Gasteiger partial charge is 0.361 e. The van der Waals surface area contributed by atoms with E-state index in [9.17, 15) is 5.26 Å². The van der Waals surface area contributed by atoms with E-state index in [2.05, 4.69) is 35.8 Å². The second-order valence-corrected chi connectivity index (χ2v) is 6.44. The van der Waals surface area contributed by atoms with Crippen LogP contribution in [0.3, 0.4) is 0 Å². The van der Waals surface area contributed by atoms with E-state index in [0.29, 0.717) is 5.56 Å². The molecule has 3 rings (SSSR count). The van der Waals surface area contributed by atoms with Crippen molar-refractivity contribution in [3.63, 3.8) is 0 Å². The SMILES string of the molecule is CCCC(Nc1nc2c(cc1C#N)CCC2)c1cccs1. The number of nitrogens with zero attached hydrogens (tertiary/aromatic N) is 2. The van der Waals surface area contributed by atoms with Crippen LogP contribution in [-0.4, -0.2) is 4.98 Å². The van der Waals surface area contributed by atoms with Gasteiger partial charge in [0.1, 0.15) is 11.9 Å². The lowest BCUT2D eigenvalue weighted by Gasteiger charge is -2.19. The summed E-state index contributed by atoms with van der Waals surface area (Å²) in [5.41, 5.74) is 3.09. The first kappa shape index (κ1) is 14.1. The quantitative estimate of drug-likeness (QED) is 0.886. The average Bonchev–Trinajstić information content (AvgIpc) is 3.16. The number of thiophene rings is 1. The topological polar surface area (TPSA) is 48.7 Å². The van der Waals surface area contributed by atoms with Crippen molar-refractivity contribution >= 4 is 17.2 Å². The van der Waals surface area contributed by atoms with Gasteiger partial charge in [-0.05, 0) is 48.8 Å². The highest BCUT2D eigenvalue weighted by molar-refractivity contribution is 7.10. The second kappa shape index (κ2) is 6.28. The predicted octanol–water partition coefficient (Wildman–Crippen LogP) is 4.46. The van der Waals surface area contributed by atoms with Crippen molar-refractivity contribution in [3.05, 3.63) is 45.3 Å². The van der Waals surface area contributed by atoms with Gasteiger partial charge in [0.15, 0.2) is 0 Å². The fourth-order valence-corrected chi connectivity index (χ4v) is 3.71. The molecule has 0 bridgehead atoms. The van der Waals surface area contributed by atoms with Gasteiger partial charge in [-0.15, -0.1) is 11.3 Å². The molecule has 0 spiro atoms. The zero-order valence-corrected chi connectivity index (χ0v) is 13.0. The van der Waals surface area contributed by atoms with Gasteiger partial charge in [-0.1, -0.05) is 19.4 Å². The van der Waals surface area contributed by atoms with Crippen LogP contribution in [0.1, 0.15) is 53.9 Å². The summed E-state index contributed by atoms with van der Waals surface area (Å²) in [6.45, 7) is 2.18. The molecule has 0 saturated carbocycles. The van der Waals surface area contributed by atoms with Gasteiger partial charge in [0, 0.05) is 10.6 Å². The van der Waals surface area contributed by atoms with E-state index in [0.717, 1.165) is 43.6 Å². The second-order valence-electron chi connectivity index (χ2n) is 5.46. The summed E-state index contributed by atoms with van der Waals surface area (Å²) in [6.07, 6.45) is 5.39. The van der Waals surface area contributed by atoms with Gasteiger partial charge >= 0.3 is 0 Å². The Morgan fingerprint density at radius 1 is 1.48 bits per heavy atom. The van der Waals surface area contributed by atoms with Gasteiger partial charge in [-0.25, -0.2) is 4.98 Å². The highest BCUT2D eigenvalue weighted by Crippen LogP contribution is 2.30. The number of aromatic nitrogens is 1. The van der Waals surface area contributed by atoms with Gasteiger partial charge in [0.05, 0.1) is 11.6 Å². The number of aryl methyl sites for hydroxylation is 2. The molecule has 1 aliphatic rings. The molecule has 1 N–H and O–H groups in total. The van der Waals surface area contributed by atoms with Crippen LogP contribution in [-0.2, 0) is 12.8 Å². The Labute approximate surface area is 129 Å². The Balaban J connectivity index is 1.91. The smallest absolute Gasteiger partial charge is 0.144 e. The molecule has 3 nitrogen and oxygen atoms in total. The molecule has 0 amide bonds. The van der Waals surface area contributed by atoms with Gasteiger partial charge in [0.25, 0.3) is 0 Å². The highest BCUT2D eigenvalue weighted by atomic mass is 32.1. The van der Waals surface area contributed by atoms with E-state index >= 15 is 0 Å². The van der Waals surface area contributed by atoms with E-state index in [1.54, 1.807) is 11.3 Å². The summed E-state index contributed by atoms with van der Waals surface area (Å²) in [5.74, 6) is 0.755. The third kappa shape index (κ3) is 2.93.